The summed E-state index contributed by atoms with van der Waals surface area (Å²) >= 11 is 0. The van der Waals surface area contributed by atoms with Crippen LogP contribution in [0.4, 0.5) is 5.69 Å². The number of nitrogens with zero attached hydrogens (tertiary/aromatic N) is 1. The van der Waals surface area contributed by atoms with E-state index in [-0.39, 0.29) is 0 Å². The van der Waals surface area contributed by atoms with Crippen molar-refractivity contribution in [1.29, 1.82) is 0 Å². The number of anilines is 1. The number of ether oxygens (including phenoxy) is 1. The van der Waals surface area contributed by atoms with Crippen LogP contribution >= 0.6 is 0 Å². The first kappa shape index (κ1) is 16.5. The van der Waals surface area contributed by atoms with Gasteiger partial charge in [0.1, 0.15) is 0 Å². The molecule has 0 amide bonds. The number of hydrogen-bond donors (Lipinski definition) is 1. The van der Waals surface area contributed by atoms with Crippen LogP contribution in [-0.2, 0) is 4.74 Å². The molecule has 0 aliphatic heterocycles. The molecule has 20 heavy (non-hydrogen) atoms. The maximum absolute atomic E-state index is 11.5. The van der Waals surface area contributed by atoms with E-state index in [9.17, 15) is 9.90 Å². The molecule has 1 aromatic carbocycles. The summed E-state index contributed by atoms with van der Waals surface area (Å²) in [5.41, 5.74) is 2.22. The third-order valence-corrected chi connectivity index (χ3v) is 3.61. The third-order valence-electron chi connectivity index (χ3n) is 3.61. The first-order valence-corrected chi connectivity index (χ1v) is 7.14. The average Bonchev–Trinajstić information content (AvgIpc) is 2.43. The van der Waals surface area contributed by atoms with Gasteiger partial charge in [-0.25, -0.2) is 4.79 Å². The number of rotatable bonds is 8. The molecule has 0 heterocycles. The topological polar surface area (TPSA) is 49.8 Å². The van der Waals surface area contributed by atoms with Gasteiger partial charge in [0.25, 0.3) is 0 Å². The normalized spacial score (nSPS) is 10.8. The van der Waals surface area contributed by atoms with Crippen molar-refractivity contribution < 1.29 is 14.6 Å². The number of methoxy groups -OCH3 is 1. The molecule has 0 aliphatic rings. The van der Waals surface area contributed by atoms with E-state index in [1.54, 1.807) is 13.2 Å². The zero-order valence-corrected chi connectivity index (χ0v) is 12.8. The summed E-state index contributed by atoms with van der Waals surface area (Å²) in [5.74, 6) is -0.881. The SMILES string of the molecule is CCC(CC)N(CCOC)c1cc(C)ccc1C(=O)O. The lowest BCUT2D eigenvalue weighted by Gasteiger charge is -2.33. The van der Waals surface area contributed by atoms with Gasteiger partial charge < -0.3 is 14.7 Å². The zero-order chi connectivity index (χ0) is 15.1. The molecular formula is C16H25NO3. The van der Waals surface area contributed by atoms with Crippen LogP contribution in [0.2, 0.25) is 0 Å². The highest BCUT2D eigenvalue weighted by atomic mass is 16.5. The summed E-state index contributed by atoms with van der Waals surface area (Å²) in [6, 6.07) is 5.81. The average molecular weight is 279 g/mol. The Morgan fingerprint density at radius 3 is 2.50 bits per heavy atom. The molecule has 0 bridgehead atoms. The van der Waals surface area contributed by atoms with Crippen molar-refractivity contribution in [2.24, 2.45) is 0 Å². The Balaban J connectivity index is 3.23. The Bertz CT molecular complexity index is 441. The van der Waals surface area contributed by atoms with Crippen molar-refractivity contribution in [2.75, 3.05) is 25.2 Å². The highest BCUT2D eigenvalue weighted by molar-refractivity contribution is 5.94. The maximum atomic E-state index is 11.5. The Morgan fingerprint density at radius 2 is 2.00 bits per heavy atom. The molecule has 0 fully saturated rings. The minimum absolute atomic E-state index is 0.324. The molecule has 0 aromatic heterocycles. The summed E-state index contributed by atoms with van der Waals surface area (Å²) in [4.78, 5) is 13.6. The van der Waals surface area contributed by atoms with Gasteiger partial charge in [-0.1, -0.05) is 19.9 Å². The number of carboxylic acid groups (broad SMARTS) is 1. The number of aromatic carboxylic acids is 1. The van der Waals surface area contributed by atoms with Gasteiger partial charge in [0.15, 0.2) is 0 Å². The molecule has 0 spiro atoms. The monoisotopic (exact) mass is 279 g/mol. The molecule has 4 nitrogen and oxygen atoms in total. The minimum Gasteiger partial charge on any atom is -0.478 e. The van der Waals surface area contributed by atoms with Gasteiger partial charge in [-0.15, -0.1) is 0 Å². The summed E-state index contributed by atoms with van der Waals surface area (Å²) in [5, 5.41) is 9.40. The van der Waals surface area contributed by atoms with E-state index in [0.717, 1.165) is 24.1 Å². The molecule has 1 N–H and O–H groups in total. The van der Waals surface area contributed by atoms with Crippen LogP contribution in [0, 0.1) is 6.92 Å². The van der Waals surface area contributed by atoms with Gasteiger partial charge in [-0.05, 0) is 37.5 Å². The first-order chi connectivity index (χ1) is 9.54. The number of carboxylic acids is 1. The lowest BCUT2D eigenvalue weighted by molar-refractivity contribution is 0.0697. The van der Waals surface area contributed by atoms with Crippen molar-refractivity contribution in [3.8, 4) is 0 Å². The van der Waals surface area contributed by atoms with Crippen LogP contribution in [0.1, 0.15) is 42.6 Å². The Kier molecular flexibility index (Phi) is 6.52. The van der Waals surface area contributed by atoms with Crippen LogP contribution in [-0.4, -0.2) is 37.4 Å². The maximum Gasteiger partial charge on any atom is 0.337 e. The molecule has 0 saturated heterocycles. The first-order valence-electron chi connectivity index (χ1n) is 7.14. The second-order valence-electron chi connectivity index (χ2n) is 4.98. The van der Waals surface area contributed by atoms with Gasteiger partial charge in [0.2, 0.25) is 0 Å². The van der Waals surface area contributed by atoms with Crippen molar-refractivity contribution in [3.63, 3.8) is 0 Å². The van der Waals surface area contributed by atoms with Crippen molar-refractivity contribution in [3.05, 3.63) is 29.3 Å². The number of benzene rings is 1. The highest BCUT2D eigenvalue weighted by Crippen LogP contribution is 2.26. The van der Waals surface area contributed by atoms with E-state index in [1.807, 2.05) is 19.1 Å². The molecule has 4 heteroatoms. The minimum atomic E-state index is -0.881. The smallest absolute Gasteiger partial charge is 0.337 e. The lowest BCUT2D eigenvalue weighted by atomic mass is 10.0. The lowest BCUT2D eigenvalue weighted by Crippen LogP contribution is -2.38. The van der Waals surface area contributed by atoms with Crippen LogP contribution in [0.3, 0.4) is 0 Å². The molecule has 0 unspecified atom stereocenters. The molecular weight excluding hydrogens is 254 g/mol. The van der Waals surface area contributed by atoms with E-state index < -0.39 is 5.97 Å². The predicted molar refractivity (Wildman–Crippen MR) is 81.7 cm³/mol. The standard InChI is InChI=1S/C16H25NO3/c1-5-13(6-2)17(9-10-20-4)15-11-12(3)7-8-14(15)16(18)19/h7-8,11,13H,5-6,9-10H2,1-4H3,(H,18,19). The fourth-order valence-electron chi connectivity index (χ4n) is 2.48. The second-order valence-corrected chi connectivity index (χ2v) is 4.98. The van der Waals surface area contributed by atoms with Crippen molar-refractivity contribution in [2.45, 2.75) is 39.7 Å². The molecule has 0 aliphatic carbocycles. The van der Waals surface area contributed by atoms with Crippen LogP contribution in [0.15, 0.2) is 18.2 Å². The van der Waals surface area contributed by atoms with E-state index in [1.165, 1.54) is 0 Å². The van der Waals surface area contributed by atoms with Crippen LogP contribution in [0.25, 0.3) is 0 Å². The molecule has 0 saturated carbocycles. The Labute approximate surface area is 121 Å². The van der Waals surface area contributed by atoms with E-state index >= 15 is 0 Å². The van der Waals surface area contributed by atoms with Crippen molar-refractivity contribution in [1.82, 2.24) is 0 Å². The van der Waals surface area contributed by atoms with Gasteiger partial charge in [-0.3, -0.25) is 0 Å². The van der Waals surface area contributed by atoms with Crippen molar-refractivity contribution >= 4 is 11.7 Å². The molecule has 0 atom stereocenters. The summed E-state index contributed by atoms with van der Waals surface area (Å²) < 4.78 is 5.17. The largest absolute Gasteiger partial charge is 0.478 e. The van der Waals surface area contributed by atoms with E-state index in [2.05, 4.69) is 18.7 Å². The number of carbonyl (C=O) groups is 1. The predicted octanol–water partition coefficient (Wildman–Crippen LogP) is 3.33. The molecule has 1 rings (SSSR count). The quantitative estimate of drug-likeness (QED) is 0.793. The Hall–Kier alpha value is -1.55. The molecule has 112 valence electrons. The number of hydrogen-bond acceptors (Lipinski definition) is 3. The van der Waals surface area contributed by atoms with E-state index in [4.69, 9.17) is 4.74 Å². The third kappa shape index (κ3) is 3.97. The molecule has 1 aromatic rings. The van der Waals surface area contributed by atoms with Gasteiger partial charge >= 0.3 is 5.97 Å². The van der Waals surface area contributed by atoms with Crippen LogP contribution < -0.4 is 4.90 Å². The van der Waals surface area contributed by atoms with Crippen LogP contribution in [0.5, 0.6) is 0 Å². The summed E-state index contributed by atoms with van der Waals surface area (Å²) in [6.07, 6.45) is 1.96. The second kappa shape index (κ2) is 7.90. The summed E-state index contributed by atoms with van der Waals surface area (Å²) in [6.45, 7) is 7.53. The molecule has 0 radical (unpaired) electrons. The highest BCUT2D eigenvalue weighted by Gasteiger charge is 2.21. The van der Waals surface area contributed by atoms with Gasteiger partial charge in [0, 0.05) is 19.7 Å². The Morgan fingerprint density at radius 1 is 1.35 bits per heavy atom. The van der Waals surface area contributed by atoms with Gasteiger partial charge in [-0.2, -0.15) is 0 Å². The van der Waals surface area contributed by atoms with Gasteiger partial charge in [0.05, 0.1) is 17.9 Å². The van der Waals surface area contributed by atoms with E-state index in [0.29, 0.717) is 24.8 Å². The number of aryl methyl sites for hydroxylation is 1. The zero-order valence-electron chi connectivity index (χ0n) is 12.8. The fraction of sp³-hybridized carbons (Fsp3) is 0.562. The fourth-order valence-corrected chi connectivity index (χ4v) is 2.48. The summed E-state index contributed by atoms with van der Waals surface area (Å²) in [7, 11) is 1.67.